The summed E-state index contributed by atoms with van der Waals surface area (Å²) in [5.41, 5.74) is -0.288. The first-order valence-corrected chi connectivity index (χ1v) is 5.75. The first-order chi connectivity index (χ1) is 7.59. The van der Waals surface area contributed by atoms with Crippen molar-refractivity contribution in [2.45, 2.75) is 32.8 Å². The standard InChI is InChI=1S/C13H20FNO/c1-4-13(3,10-15-5-2)16-12-8-6-7-11(14)9-12/h6-9,15H,4-5,10H2,1-3H3. The van der Waals surface area contributed by atoms with Gasteiger partial charge >= 0.3 is 0 Å². The molecule has 0 bridgehead atoms. The SMILES string of the molecule is CCNCC(C)(CC)Oc1cccc(F)c1. The lowest BCUT2D eigenvalue weighted by molar-refractivity contribution is 0.0838. The second-order valence-electron chi connectivity index (χ2n) is 4.14. The van der Waals surface area contributed by atoms with Gasteiger partial charge in [-0.05, 0) is 32.0 Å². The zero-order valence-corrected chi connectivity index (χ0v) is 10.2. The van der Waals surface area contributed by atoms with Crippen LogP contribution >= 0.6 is 0 Å². The number of hydrogen-bond donors (Lipinski definition) is 1. The van der Waals surface area contributed by atoms with E-state index < -0.39 is 0 Å². The van der Waals surface area contributed by atoms with E-state index in [9.17, 15) is 4.39 Å². The third-order valence-corrected chi connectivity index (χ3v) is 2.66. The fraction of sp³-hybridized carbons (Fsp3) is 0.538. The number of hydrogen-bond acceptors (Lipinski definition) is 2. The number of benzene rings is 1. The average Bonchev–Trinajstić information content (AvgIpc) is 2.26. The predicted molar refractivity (Wildman–Crippen MR) is 64.3 cm³/mol. The summed E-state index contributed by atoms with van der Waals surface area (Å²) >= 11 is 0. The average molecular weight is 225 g/mol. The lowest BCUT2D eigenvalue weighted by atomic mass is 10.0. The van der Waals surface area contributed by atoms with Crippen LogP contribution in [0.4, 0.5) is 4.39 Å². The second-order valence-corrected chi connectivity index (χ2v) is 4.14. The van der Waals surface area contributed by atoms with E-state index in [0.29, 0.717) is 5.75 Å². The van der Waals surface area contributed by atoms with Gasteiger partial charge in [0.05, 0.1) is 0 Å². The smallest absolute Gasteiger partial charge is 0.126 e. The number of rotatable bonds is 6. The number of halogens is 1. The van der Waals surface area contributed by atoms with E-state index >= 15 is 0 Å². The molecule has 16 heavy (non-hydrogen) atoms. The summed E-state index contributed by atoms with van der Waals surface area (Å²) in [5.74, 6) is 0.321. The molecule has 0 aliphatic rings. The van der Waals surface area contributed by atoms with Gasteiger partial charge in [-0.25, -0.2) is 4.39 Å². The third-order valence-electron chi connectivity index (χ3n) is 2.66. The van der Waals surface area contributed by atoms with Crippen LogP contribution in [0.1, 0.15) is 27.2 Å². The molecule has 0 saturated heterocycles. The first-order valence-electron chi connectivity index (χ1n) is 5.75. The van der Waals surface area contributed by atoms with E-state index in [1.54, 1.807) is 12.1 Å². The molecule has 0 aromatic heterocycles. The highest BCUT2D eigenvalue weighted by Gasteiger charge is 2.23. The summed E-state index contributed by atoms with van der Waals surface area (Å²) in [6.45, 7) is 7.81. The van der Waals surface area contributed by atoms with Gasteiger partial charge in [0, 0.05) is 12.6 Å². The number of ether oxygens (including phenoxy) is 1. The van der Waals surface area contributed by atoms with E-state index in [-0.39, 0.29) is 11.4 Å². The monoisotopic (exact) mass is 225 g/mol. The van der Waals surface area contributed by atoms with Gasteiger partial charge in [-0.3, -0.25) is 0 Å². The number of likely N-dealkylation sites (N-methyl/N-ethyl adjacent to an activating group) is 1. The van der Waals surface area contributed by atoms with E-state index in [1.165, 1.54) is 12.1 Å². The highest BCUT2D eigenvalue weighted by Crippen LogP contribution is 2.21. The molecule has 1 N–H and O–H groups in total. The highest BCUT2D eigenvalue weighted by molar-refractivity contribution is 5.23. The Labute approximate surface area is 96.8 Å². The minimum Gasteiger partial charge on any atom is -0.486 e. The van der Waals surface area contributed by atoms with E-state index in [1.807, 2.05) is 6.92 Å². The van der Waals surface area contributed by atoms with Crippen molar-refractivity contribution in [2.24, 2.45) is 0 Å². The van der Waals surface area contributed by atoms with Gasteiger partial charge in [0.2, 0.25) is 0 Å². The molecule has 0 aliphatic carbocycles. The van der Waals surface area contributed by atoms with Gasteiger partial charge < -0.3 is 10.1 Å². The Morgan fingerprint density at radius 3 is 2.69 bits per heavy atom. The van der Waals surface area contributed by atoms with Gasteiger partial charge in [-0.2, -0.15) is 0 Å². The molecule has 0 fully saturated rings. The fourth-order valence-corrected chi connectivity index (χ4v) is 1.44. The molecule has 90 valence electrons. The first kappa shape index (κ1) is 13.0. The molecule has 2 nitrogen and oxygen atoms in total. The third kappa shape index (κ3) is 3.81. The summed E-state index contributed by atoms with van der Waals surface area (Å²) in [5, 5.41) is 3.26. The van der Waals surface area contributed by atoms with Crippen LogP contribution in [0.5, 0.6) is 5.75 Å². The molecular formula is C13H20FNO. The molecule has 1 aromatic rings. The highest BCUT2D eigenvalue weighted by atomic mass is 19.1. The quantitative estimate of drug-likeness (QED) is 0.803. The zero-order valence-electron chi connectivity index (χ0n) is 10.2. The van der Waals surface area contributed by atoms with Crippen LogP contribution in [0.3, 0.4) is 0 Å². The molecule has 3 heteroatoms. The Balaban J connectivity index is 2.68. The Morgan fingerprint density at radius 2 is 2.12 bits per heavy atom. The summed E-state index contributed by atoms with van der Waals surface area (Å²) in [6.07, 6.45) is 0.872. The van der Waals surface area contributed by atoms with Crippen molar-refractivity contribution in [3.8, 4) is 5.75 Å². The van der Waals surface area contributed by atoms with Crippen molar-refractivity contribution in [3.05, 3.63) is 30.1 Å². The molecule has 0 aliphatic heterocycles. The maximum atomic E-state index is 13.0. The van der Waals surface area contributed by atoms with Crippen LogP contribution in [-0.4, -0.2) is 18.7 Å². The Morgan fingerprint density at radius 1 is 1.38 bits per heavy atom. The molecule has 0 heterocycles. The fourth-order valence-electron chi connectivity index (χ4n) is 1.44. The molecule has 1 rings (SSSR count). The van der Waals surface area contributed by atoms with E-state index in [2.05, 4.69) is 19.2 Å². The molecule has 1 aromatic carbocycles. The topological polar surface area (TPSA) is 21.3 Å². The summed E-state index contributed by atoms with van der Waals surface area (Å²) in [6, 6.07) is 6.28. The van der Waals surface area contributed by atoms with Gasteiger partial charge in [0.15, 0.2) is 0 Å². The molecule has 0 saturated carbocycles. The van der Waals surface area contributed by atoms with Crippen LogP contribution in [0.15, 0.2) is 24.3 Å². The van der Waals surface area contributed by atoms with Crippen LogP contribution in [0, 0.1) is 5.82 Å². The molecule has 0 amide bonds. The lowest BCUT2D eigenvalue weighted by Gasteiger charge is -2.30. The summed E-state index contributed by atoms with van der Waals surface area (Å²) < 4.78 is 18.8. The maximum Gasteiger partial charge on any atom is 0.126 e. The van der Waals surface area contributed by atoms with Gasteiger partial charge in [0.1, 0.15) is 17.2 Å². The van der Waals surface area contributed by atoms with Gasteiger partial charge in [-0.15, -0.1) is 0 Å². The van der Waals surface area contributed by atoms with Crippen LogP contribution in [-0.2, 0) is 0 Å². The van der Waals surface area contributed by atoms with Crippen LogP contribution in [0.25, 0.3) is 0 Å². The lowest BCUT2D eigenvalue weighted by Crippen LogP contribution is -2.42. The Hall–Kier alpha value is -1.09. The molecule has 1 atom stereocenters. The normalized spacial score (nSPS) is 14.5. The summed E-state index contributed by atoms with van der Waals surface area (Å²) in [7, 11) is 0. The minimum absolute atomic E-state index is 0.264. The van der Waals surface area contributed by atoms with E-state index in [0.717, 1.165) is 19.5 Å². The molecule has 1 unspecified atom stereocenters. The largest absolute Gasteiger partial charge is 0.486 e. The van der Waals surface area contributed by atoms with Crippen molar-refractivity contribution in [1.29, 1.82) is 0 Å². The Kier molecular flexibility index (Phi) is 4.74. The van der Waals surface area contributed by atoms with Gasteiger partial charge in [0.25, 0.3) is 0 Å². The van der Waals surface area contributed by atoms with Crippen LogP contribution < -0.4 is 10.1 Å². The van der Waals surface area contributed by atoms with Crippen LogP contribution in [0.2, 0.25) is 0 Å². The minimum atomic E-state index is -0.288. The zero-order chi connectivity index (χ0) is 12.0. The second kappa shape index (κ2) is 5.85. The Bertz CT molecular complexity index is 329. The van der Waals surface area contributed by atoms with Crippen molar-refractivity contribution >= 4 is 0 Å². The predicted octanol–water partition coefficient (Wildman–Crippen LogP) is 2.98. The van der Waals surface area contributed by atoms with Crippen molar-refractivity contribution < 1.29 is 9.13 Å². The van der Waals surface area contributed by atoms with Crippen molar-refractivity contribution in [2.75, 3.05) is 13.1 Å². The van der Waals surface area contributed by atoms with Crippen molar-refractivity contribution in [1.82, 2.24) is 5.32 Å². The van der Waals surface area contributed by atoms with E-state index in [4.69, 9.17) is 4.74 Å². The summed E-state index contributed by atoms with van der Waals surface area (Å²) in [4.78, 5) is 0. The maximum absolute atomic E-state index is 13.0. The molecular weight excluding hydrogens is 205 g/mol. The number of nitrogens with one attached hydrogen (secondary N) is 1. The molecule has 0 radical (unpaired) electrons. The van der Waals surface area contributed by atoms with Gasteiger partial charge in [-0.1, -0.05) is 19.9 Å². The van der Waals surface area contributed by atoms with Crippen molar-refractivity contribution in [3.63, 3.8) is 0 Å². The molecule has 0 spiro atoms.